The second kappa shape index (κ2) is 10.8. The minimum atomic E-state index is -0.865. The molecule has 1 atom stereocenters. The van der Waals surface area contributed by atoms with Gasteiger partial charge in [0.15, 0.2) is 0 Å². The zero-order chi connectivity index (χ0) is 24.9. The Morgan fingerprint density at radius 3 is 2.80 bits per heavy atom. The maximum absolute atomic E-state index is 12.5. The summed E-state index contributed by atoms with van der Waals surface area (Å²) in [6, 6.07) is 7.42. The van der Waals surface area contributed by atoms with Gasteiger partial charge in [-0.2, -0.15) is 0 Å². The fraction of sp³-hybridized carbons (Fsp3) is 0.480. The van der Waals surface area contributed by atoms with Crippen LogP contribution >= 0.6 is 0 Å². The number of carboxylic acids is 1. The van der Waals surface area contributed by atoms with E-state index in [0.29, 0.717) is 44.0 Å². The van der Waals surface area contributed by atoms with Crippen molar-refractivity contribution in [3.63, 3.8) is 0 Å². The molecule has 0 spiro atoms. The Labute approximate surface area is 204 Å². The van der Waals surface area contributed by atoms with Crippen LogP contribution in [0.2, 0.25) is 0 Å². The second-order valence-electron chi connectivity index (χ2n) is 8.81. The molecule has 35 heavy (non-hydrogen) atoms. The van der Waals surface area contributed by atoms with Gasteiger partial charge in [0.25, 0.3) is 5.56 Å². The van der Waals surface area contributed by atoms with Crippen LogP contribution in [-0.2, 0) is 36.0 Å². The summed E-state index contributed by atoms with van der Waals surface area (Å²) in [6.45, 7) is 6.17. The number of aliphatic carboxylic acids is 1. The SMILES string of the molecule is CCCc1ccc(=O)n(Cc2c(-c3ccc(N4CCOC(CC(=O)O)C4)c(CC)n3)nnn2C)c1. The summed E-state index contributed by atoms with van der Waals surface area (Å²) in [4.78, 5) is 30.7. The molecule has 1 N–H and O–H groups in total. The third-order valence-electron chi connectivity index (χ3n) is 6.26. The van der Waals surface area contributed by atoms with Gasteiger partial charge < -0.3 is 19.3 Å². The van der Waals surface area contributed by atoms with Crippen LogP contribution in [0, 0.1) is 0 Å². The van der Waals surface area contributed by atoms with Gasteiger partial charge in [0.05, 0.1) is 48.4 Å². The molecule has 10 heteroatoms. The zero-order valence-corrected chi connectivity index (χ0v) is 20.5. The quantitative estimate of drug-likeness (QED) is 0.496. The molecule has 1 aliphatic rings. The Hall–Kier alpha value is -3.53. The lowest BCUT2D eigenvalue weighted by Gasteiger charge is -2.34. The van der Waals surface area contributed by atoms with Gasteiger partial charge in [-0.25, -0.2) is 9.67 Å². The highest BCUT2D eigenvalue weighted by atomic mass is 16.5. The van der Waals surface area contributed by atoms with E-state index in [-0.39, 0.29) is 18.1 Å². The standard InChI is InChI=1S/C25H32N6O4/c1-4-6-17-7-10-23(32)31(14-17)16-22-25(27-28-29(22)3)20-8-9-21(19(5-2)26-20)30-11-12-35-18(15-30)13-24(33)34/h7-10,14,18H,4-6,11-13,15-16H2,1-3H3,(H,33,34). The van der Waals surface area contributed by atoms with E-state index in [1.165, 1.54) is 0 Å². The van der Waals surface area contributed by atoms with Gasteiger partial charge in [-0.05, 0) is 30.5 Å². The molecule has 1 fully saturated rings. The molecule has 3 aromatic rings. The van der Waals surface area contributed by atoms with Gasteiger partial charge in [-0.3, -0.25) is 9.59 Å². The Balaban J connectivity index is 1.63. The van der Waals surface area contributed by atoms with Crippen LogP contribution in [0.3, 0.4) is 0 Å². The Kier molecular flexibility index (Phi) is 7.60. The summed E-state index contributed by atoms with van der Waals surface area (Å²) < 4.78 is 9.01. The van der Waals surface area contributed by atoms with Crippen molar-refractivity contribution in [1.29, 1.82) is 0 Å². The van der Waals surface area contributed by atoms with E-state index in [1.807, 2.05) is 38.4 Å². The minimum Gasteiger partial charge on any atom is -0.481 e. The van der Waals surface area contributed by atoms with Crippen molar-refractivity contribution in [1.82, 2.24) is 24.5 Å². The molecule has 0 aromatic carbocycles. The molecule has 4 heterocycles. The van der Waals surface area contributed by atoms with E-state index in [2.05, 4.69) is 22.1 Å². The van der Waals surface area contributed by atoms with Gasteiger partial charge in [0, 0.05) is 32.4 Å². The van der Waals surface area contributed by atoms with Crippen LogP contribution in [0.25, 0.3) is 11.4 Å². The average molecular weight is 481 g/mol. The summed E-state index contributed by atoms with van der Waals surface area (Å²) >= 11 is 0. The molecule has 0 saturated carbocycles. The fourth-order valence-electron chi connectivity index (χ4n) is 4.49. The number of morpholine rings is 1. The van der Waals surface area contributed by atoms with E-state index in [0.717, 1.165) is 35.5 Å². The van der Waals surface area contributed by atoms with Crippen molar-refractivity contribution >= 4 is 11.7 Å². The molecule has 0 amide bonds. The summed E-state index contributed by atoms with van der Waals surface area (Å²) in [6.07, 6.45) is 4.16. The number of anilines is 1. The van der Waals surface area contributed by atoms with Crippen LogP contribution in [0.1, 0.15) is 43.6 Å². The fourth-order valence-corrected chi connectivity index (χ4v) is 4.49. The average Bonchev–Trinajstić information content (AvgIpc) is 3.20. The maximum Gasteiger partial charge on any atom is 0.306 e. The lowest BCUT2D eigenvalue weighted by Crippen LogP contribution is -2.43. The number of ether oxygens (including phenoxy) is 1. The molecule has 1 saturated heterocycles. The number of aromatic nitrogens is 5. The number of carboxylic acid groups (broad SMARTS) is 1. The van der Waals surface area contributed by atoms with Crippen LogP contribution in [-0.4, -0.2) is 61.4 Å². The van der Waals surface area contributed by atoms with Crippen molar-refractivity contribution in [3.05, 3.63) is 57.8 Å². The molecule has 10 nitrogen and oxygen atoms in total. The van der Waals surface area contributed by atoms with Crippen LogP contribution in [0.4, 0.5) is 5.69 Å². The first-order chi connectivity index (χ1) is 16.9. The number of pyridine rings is 2. The maximum atomic E-state index is 12.5. The van der Waals surface area contributed by atoms with Crippen molar-refractivity contribution in [2.75, 3.05) is 24.6 Å². The highest BCUT2D eigenvalue weighted by Crippen LogP contribution is 2.27. The van der Waals surface area contributed by atoms with Gasteiger partial charge in [-0.1, -0.05) is 31.5 Å². The Morgan fingerprint density at radius 1 is 1.23 bits per heavy atom. The van der Waals surface area contributed by atoms with Gasteiger partial charge >= 0.3 is 5.97 Å². The summed E-state index contributed by atoms with van der Waals surface area (Å²) in [5.74, 6) is -0.865. The lowest BCUT2D eigenvalue weighted by molar-refractivity contribution is -0.140. The number of hydrogen-bond donors (Lipinski definition) is 1. The van der Waals surface area contributed by atoms with E-state index >= 15 is 0 Å². The lowest BCUT2D eigenvalue weighted by atomic mass is 10.1. The smallest absolute Gasteiger partial charge is 0.306 e. The van der Waals surface area contributed by atoms with E-state index in [1.54, 1.807) is 15.3 Å². The number of nitrogens with zero attached hydrogens (tertiary/aromatic N) is 6. The number of carbonyl (C=O) groups is 1. The highest BCUT2D eigenvalue weighted by Gasteiger charge is 2.25. The minimum absolute atomic E-state index is 0.0226. The van der Waals surface area contributed by atoms with E-state index in [4.69, 9.17) is 14.8 Å². The van der Waals surface area contributed by atoms with Crippen molar-refractivity contribution < 1.29 is 14.6 Å². The van der Waals surface area contributed by atoms with Gasteiger partial charge in [-0.15, -0.1) is 5.10 Å². The monoisotopic (exact) mass is 480 g/mol. The van der Waals surface area contributed by atoms with Crippen molar-refractivity contribution in [3.8, 4) is 11.4 Å². The largest absolute Gasteiger partial charge is 0.481 e. The summed E-state index contributed by atoms with van der Waals surface area (Å²) in [5.41, 5.74) is 5.06. The molecule has 0 aliphatic carbocycles. The Morgan fingerprint density at radius 2 is 2.06 bits per heavy atom. The number of hydrogen-bond acceptors (Lipinski definition) is 7. The second-order valence-corrected chi connectivity index (χ2v) is 8.81. The third kappa shape index (κ3) is 5.59. The van der Waals surface area contributed by atoms with Crippen LogP contribution in [0.5, 0.6) is 0 Å². The van der Waals surface area contributed by atoms with Gasteiger partial charge in [0.1, 0.15) is 5.69 Å². The van der Waals surface area contributed by atoms with Crippen LogP contribution < -0.4 is 10.5 Å². The molecule has 1 unspecified atom stereocenters. The summed E-state index contributed by atoms with van der Waals surface area (Å²) in [5, 5.41) is 17.7. The molecule has 0 radical (unpaired) electrons. The van der Waals surface area contributed by atoms with Crippen molar-refractivity contribution in [2.24, 2.45) is 7.05 Å². The predicted molar refractivity (Wildman–Crippen MR) is 132 cm³/mol. The zero-order valence-electron chi connectivity index (χ0n) is 20.5. The molecule has 3 aromatic heterocycles. The van der Waals surface area contributed by atoms with E-state index < -0.39 is 5.97 Å². The van der Waals surface area contributed by atoms with Crippen molar-refractivity contribution in [2.45, 2.75) is 52.2 Å². The first kappa shape index (κ1) is 24.6. The first-order valence-corrected chi connectivity index (χ1v) is 12.1. The van der Waals surface area contributed by atoms with Crippen LogP contribution in [0.15, 0.2) is 35.3 Å². The molecular weight excluding hydrogens is 448 g/mol. The normalized spacial score (nSPS) is 16.0. The predicted octanol–water partition coefficient (Wildman–Crippen LogP) is 2.28. The van der Waals surface area contributed by atoms with Gasteiger partial charge in [0.2, 0.25) is 0 Å². The Bertz CT molecular complexity index is 1250. The molecule has 0 bridgehead atoms. The molecular formula is C25H32N6O4. The topological polar surface area (TPSA) is 115 Å². The first-order valence-electron chi connectivity index (χ1n) is 12.1. The molecule has 4 rings (SSSR count). The molecule has 1 aliphatic heterocycles. The van der Waals surface area contributed by atoms with E-state index in [9.17, 15) is 9.59 Å². The third-order valence-corrected chi connectivity index (χ3v) is 6.26. The number of aryl methyl sites for hydroxylation is 3. The number of rotatable bonds is 9. The molecule has 186 valence electrons. The summed E-state index contributed by atoms with van der Waals surface area (Å²) in [7, 11) is 1.82. The highest BCUT2D eigenvalue weighted by molar-refractivity contribution is 5.68.